The lowest BCUT2D eigenvalue weighted by Gasteiger charge is -2.37. The zero-order chi connectivity index (χ0) is 30.4. The minimum atomic E-state index is -0.771. The van der Waals surface area contributed by atoms with Crippen molar-refractivity contribution in [3.05, 3.63) is 150 Å². The zero-order valence-electron chi connectivity index (χ0n) is 25.4. The average molecular weight is 590 g/mol. The van der Waals surface area contributed by atoms with Crippen molar-refractivity contribution in [2.45, 2.75) is 25.3 Å². The number of hydrogen-bond donors (Lipinski definition) is 1. The minimum absolute atomic E-state index is 0.229. The Kier molecular flexibility index (Phi) is 6.61. The summed E-state index contributed by atoms with van der Waals surface area (Å²) >= 11 is 0. The van der Waals surface area contributed by atoms with E-state index in [4.69, 9.17) is 5.10 Å². The predicted molar refractivity (Wildman–Crippen MR) is 179 cm³/mol. The van der Waals surface area contributed by atoms with E-state index in [2.05, 4.69) is 130 Å². The fraction of sp³-hybridized carbons (Fsp3) is 0.205. The second-order valence-electron chi connectivity index (χ2n) is 12.4. The first-order chi connectivity index (χ1) is 22.1. The highest BCUT2D eigenvalue weighted by Gasteiger charge is 2.49. The molecule has 1 N–H and O–H groups in total. The van der Waals surface area contributed by atoms with Crippen molar-refractivity contribution in [3.63, 3.8) is 0 Å². The molecule has 6 aromatic rings. The van der Waals surface area contributed by atoms with Crippen molar-refractivity contribution < 1.29 is 4.79 Å². The van der Waals surface area contributed by atoms with Gasteiger partial charge in [0, 0.05) is 41.6 Å². The van der Waals surface area contributed by atoms with Gasteiger partial charge in [-0.3, -0.25) is 9.78 Å². The summed E-state index contributed by atoms with van der Waals surface area (Å²) in [6.07, 6.45) is 3.63. The second-order valence-corrected chi connectivity index (χ2v) is 12.4. The molecule has 222 valence electrons. The van der Waals surface area contributed by atoms with E-state index in [9.17, 15) is 4.79 Å². The smallest absolute Gasteiger partial charge is 0.234 e. The topological polar surface area (TPSA) is 63.1 Å². The lowest BCUT2D eigenvalue weighted by atomic mass is 9.77. The van der Waals surface area contributed by atoms with Crippen LogP contribution in [0.25, 0.3) is 22.2 Å². The molecule has 1 atom stereocenters. The number of benzene rings is 4. The molecule has 0 unspecified atom stereocenters. The van der Waals surface area contributed by atoms with Gasteiger partial charge in [-0.05, 0) is 73.3 Å². The van der Waals surface area contributed by atoms with Crippen molar-refractivity contribution in [2.75, 3.05) is 24.5 Å². The third kappa shape index (κ3) is 4.31. The van der Waals surface area contributed by atoms with Gasteiger partial charge in [0.25, 0.3) is 0 Å². The van der Waals surface area contributed by atoms with Crippen LogP contribution in [0.15, 0.2) is 128 Å². The first-order valence-corrected chi connectivity index (χ1v) is 15.8. The molecule has 2 fully saturated rings. The molecule has 1 amide bonds. The summed E-state index contributed by atoms with van der Waals surface area (Å²) in [6.45, 7) is 4.40. The predicted octanol–water partition coefficient (Wildman–Crippen LogP) is 6.96. The molecule has 2 aliphatic rings. The molecule has 1 spiro atoms. The Morgan fingerprint density at radius 1 is 0.778 bits per heavy atom. The number of amides is 1. The Balaban J connectivity index is 1.43. The molecule has 2 aromatic heterocycles. The fourth-order valence-electron chi connectivity index (χ4n) is 7.55. The van der Waals surface area contributed by atoms with Gasteiger partial charge in [-0.25, -0.2) is 4.68 Å². The standard InChI is InChI=1S/C39H35N5O/c1-28-25-29(19-22-41-28)36-34-26-33(43-24-21-38(37(43)45)20-23-40-27-38)17-18-35(34)44(42-36)39(30-11-5-2-6-12-30,31-13-7-3-8-14-31)32-15-9-4-10-16-32/h2-19,22,25-26,40H,20-21,23-24,27H2,1H3/t38-/m0/s1. The molecule has 0 radical (unpaired) electrons. The molecule has 4 aromatic carbocycles. The highest BCUT2D eigenvalue weighted by molar-refractivity contribution is 6.03. The van der Waals surface area contributed by atoms with Gasteiger partial charge in [-0.15, -0.1) is 0 Å². The van der Waals surface area contributed by atoms with Crippen molar-refractivity contribution in [3.8, 4) is 11.3 Å². The van der Waals surface area contributed by atoms with E-state index >= 15 is 0 Å². The summed E-state index contributed by atoms with van der Waals surface area (Å²) in [5.74, 6) is 0.229. The quantitative estimate of drug-likeness (QED) is 0.213. The number of anilines is 1. The summed E-state index contributed by atoms with van der Waals surface area (Å²) < 4.78 is 2.20. The molecule has 4 heterocycles. The van der Waals surface area contributed by atoms with Gasteiger partial charge in [-0.1, -0.05) is 91.0 Å². The number of nitrogens with zero attached hydrogens (tertiary/aromatic N) is 4. The van der Waals surface area contributed by atoms with Crippen LogP contribution in [-0.4, -0.2) is 40.3 Å². The average Bonchev–Trinajstić information content (AvgIpc) is 3.81. The summed E-state index contributed by atoms with van der Waals surface area (Å²) in [4.78, 5) is 20.3. The van der Waals surface area contributed by atoms with E-state index in [-0.39, 0.29) is 11.3 Å². The summed E-state index contributed by atoms with van der Waals surface area (Å²) in [6, 6.07) is 42.5. The molecule has 2 aliphatic heterocycles. The van der Waals surface area contributed by atoms with Crippen LogP contribution in [0.3, 0.4) is 0 Å². The fourth-order valence-corrected chi connectivity index (χ4v) is 7.55. The van der Waals surface area contributed by atoms with E-state index in [1.165, 1.54) is 0 Å². The number of hydrogen-bond acceptors (Lipinski definition) is 4. The van der Waals surface area contributed by atoms with E-state index in [0.29, 0.717) is 0 Å². The first-order valence-electron chi connectivity index (χ1n) is 15.8. The van der Waals surface area contributed by atoms with Crippen LogP contribution in [0, 0.1) is 12.3 Å². The number of carbonyl (C=O) groups is 1. The van der Waals surface area contributed by atoms with Gasteiger partial charge in [0.05, 0.1) is 10.9 Å². The van der Waals surface area contributed by atoms with Crippen LogP contribution in [0.1, 0.15) is 35.2 Å². The number of fused-ring (bicyclic) bond motifs is 1. The molecular formula is C39H35N5O. The van der Waals surface area contributed by atoms with Crippen LogP contribution < -0.4 is 10.2 Å². The normalized spacial score (nSPS) is 18.3. The Hall–Kier alpha value is -5.07. The van der Waals surface area contributed by atoms with Gasteiger partial charge in [-0.2, -0.15) is 5.10 Å². The third-order valence-corrected chi connectivity index (χ3v) is 9.79. The van der Waals surface area contributed by atoms with E-state index in [1.807, 2.05) is 24.1 Å². The minimum Gasteiger partial charge on any atom is -0.316 e. The largest absolute Gasteiger partial charge is 0.316 e. The maximum Gasteiger partial charge on any atom is 0.234 e. The highest BCUT2D eigenvalue weighted by Crippen LogP contribution is 2.45. The van der Waals surface area contributed by atoms with E-state index < -0.39 is 5.54 Å². The Labute approximate surface area is 263 Å². The number of pyridine rings is 1. The molecule has 6 heteroatoms. The molecule has 6 nitrogen and oxygen atoms in total. The van der Waals surface area contributed by atoms with Crippen LogP contribution in [0.4, 0.5) is 5.69 Å². The van der Waals surface area contributed by atoms with Crippen LogP contribution >= 0.6 is 0 Å². The molecule has 0 saturated carbocycles. The van der Waals surface area contributed by atoms with Gasteiger partial charge in [0.15, 0.2) is 0 Å². The second kappa shape index (κ2) is 10.8. The van der Waals surface area contributed by atoms with Crippen LogP contribution in [-0.2, 0) is 10.3 Å². The molecule has 0 bridgehead atoms. The van der Waals surface area contributed by atoms with Crippen molar-refractivity contribution in [1.82, 2.24) is 20.1 Å². The maximum absolute atomic E-state index is 13.8. The van der Waals surface area contributed by atoms with Gasteiger partial charge in [0.1, 0.15) is 11.2 Å². The Morgan fingerprint density at radius 2 is 1.42 bits per heavy atom. The summed E-state index contributed by atoms with van der Waals surface area (Å²) in [5.41, 5.74) is 6.98. The van der Waals surface area contributed by atoms with Crippen molar-refractivity contribution >= 4 is 22.5 Å². The molecule has 8 rings (SSSR count). The third-order valence-electron chi connectivity index (χ3n) is 9.79. The van der Waals surface area contributed by atoms with Crippen molar-refractivity contribution in [2.24, 2.45) is 5.41 Å². The lowest BCUT2D eigenvalue weighted by Crippen LogP contribution is -2.38. The Morgan fingerprint density at radius 3 is 2.00 bits per heavy atom. The highest BCUT2D eigenvalue weighted by atomic mass is 16.2. The number of nitrogens with one attached hydrogen (secondary N) is 1. The SMILES string of the molecule is Cc1cc(-c2nn(C(c3ccccc3)(c3ccccc3)c3ccccc3)c3ccc(N4CC[C@]5(CCNC5)C4=O)cc23)ccn1. The van der Waals surface area contributed by atoms with E-state index in [0.717, 1.165) is 82.7 Å². The van der Waals surface area contributed by atoms with Crippen molar-refractivity contribution in [1.29, 1.82) is 0 Å². The number of rotatable bonds is 6. The number of aromatic nitrogens is 3. The van der Waals surface area contributed by atoms with Gasteiger partial charge < -0.3 is 10.2 Å². The zero-order valence-corrected chi connectivity index (χ0v) is 25.4. The number of aryl methyl sites for hydroxylation is 1. The first kappa shape index (κ1) is 27.5. The lowest BCUT2D eigenvalue weighted by molar-refractivity contribution is -0.124. The molecule has 2 saturated heterocycles. The summed E-state index contributed by atoms with van der Waals surface area (Å²) in [7, 11) is 0. The van der Waals surface area contributed by atoms with Gasteiger partial charge >= 0.3 is 0 Å². The maximum atomic E-state index is 13.8. The monoisotopic (exact) mass is 589 g/mol. The molecule has 0 aliphatic carbocycles. The number of carbonyl (C=O) groups excluding carboxylic acids is 1. The van der Waals surface area contributed by atoms with Crippen LogP contribution in [0.2, 0.25) is 0 Å². The van der Waals surface area contributed by atoms with Gasteiger partial charge in [0.2, 0.25) is 5.91 Å². The Bertz CT molecular complexity index is 1900. The molecule has 45 heavy (non-hydrogen) atoms. The van der Waals surface area contributed by atoms with Crippen LogP contribution in [0.5, 0.6) is 0 Å². The van der Waals surface area contributed by atoms with E-state index in [1.54, 1.807) is 0 Å². The molecular weight excluding hydrogens is 554 g/mol. The summed E-state index contributed by atoms with van der Waals surface area (Å²) in [5, 5.41) is 9.96.